The van der Waals surface area contributed by atoms with Crippen LogP contribution in [0.25, 0.3) is 11.1 Å². The normalized spacial score (nSPS) is 15.2. The summed E-state index contributed by atoms with van der Waals surface area (Å²) < 4.78 is 11.2. The largest absolute Gasteiger partial charge is 0.495 e. The van der Waals surface area contributed by atoms with Crippen LogP contribution < -0.4 is 15.4 Å². The molecule has 0 saturated carbocycles. The van der Waals surface area contributed by atoms with Crippen molar-refractivity contribution in [2.45, 2.75) is 25.7 Å². The van der Waals surface area contributed by atoms with E-state index in [2.05, 4.69) is 15.6 Å². The Labute approximate surface area is 209 Å². The molecule has 5 rings (SSSR count). The highest BCUT2D eigenvalue weighted by atomic mass is 16.5. The minimum Gasteiger partial charge on any atom is -0.495 e. The van der Waals surface area contributed by atoms with Gasteiger partial charge in [-0.15, -0.1) is 0 Å². The highest BCUT2D eigenvalue weighted by Gasteiger charge is 2.25. The fourth-order valence-electron chi connectivity index (χ4n) is 4.54. The fourth-order valence-corrected chi connectivity index (χ4v) is 4.54. The lowest BCUT2D eigenvalue weighted by molar-refractivity contribution is -0.127. The van der Waals surface area contributed by atoms with Crippen LogP contribution in [0, 0.1) is 0 Å². The molecule has 3 aromatic carbocycles. The molecule has 8 heteroatoms. The lowest BCUT2D eigenvalue weighted by Crippen LogP contribution is -2.25. The first-order valence-electron chi connectivity index (χ1n) is 11.9. The number of methoxy groups -OCH3 is 1. The average molecular weight is 485 g/mol. The number of hydrogen-bond donors (Lipinski definition) is 2. The van der Waals surface area contributed by atoms with Gasteiger partial charge in [-0.3, -0.25) is 9.59 Å². The SMILES string of the molecule is COc1ccccc1Nc1nc2ccc(CC(=O)Nc3ccc(C4CCN(C(C)=O)C4)cc3)cc2o1. The molecule has 8 nitrogen and oxygen atoms in total. The second kappa shape index (κ2) is 10.1. The van der Waals surface area contributed by atoms with Crippen LogP contribution in [0.4, 0.5) is 17.4 Å². The van der Waals surface area contributed by atoms with Crippen LogP contribution in [-0.2, 0) is 16.0 Å². The minimum absolute atomic E-state index is 0.113. The zero-order chi connectivity index (χ0) is 25.1. The summed E-state index contributed by atoms with van der Waals surface area (Å²) in [4.78, 5) is 30.6. The van der Waals surface area contributed by atoms with Gasteiger partial charge in [0.05, 0.1) is 19.2 Å². The van der Waals surface area contributed by atoms with Crippen molar-refractivity contribution < 1.29 is 18.7 Å². The number of benzene rings is 3. The molecule has 1 saturated heterocycles. The summed E-state index contributed by atoms with van der Waals surface area (Å²) in [6, 6.07) is 21.3. The highest BCUT2D eigenvalue weighted by molar-refractivity contribution is 5.92. The van der Waals surface area contributed by atoms with Crippen LogP contribution in [0.1, 0.15) is 30.4 Å². The number of anilines is 3. The minimum atomic E-state index is -0.113. The molecule has 0 spiro atoms. The quantitative estimate of drug-likeness (QED) is 0.379. The molecular weight excluding hydrogens is 456 g/mol. The van der Waals surface area contributed by atoms with Gasteiger partial charge in [-0.25, -0.2) is 0 Å². The molecular formula is C28H28N4O4. The molecule has 0 aliphatic carbocycles. The van der Waals surface area contributed by atoms with E-state index in [4.69, 9.17) is 9.15 Å². The van der Waals surface area contributed by atoms with Crippen LogP contribution in [-0.4, -0.2) is 41.9 Å². The van der Waals surface area contributed by atoms with E-state index in [1.807, 2.05) is 71.6 Å². The van der Waals surface area contributed by atoms with Gasteiger partial charge in [0.1, 0.15) is 11.3 Å². The van der Waals surface area contributed by atoms with Crippen LogP contribution in [0.5, 0.6) is 5.75 Å². The average Bonchev–Trinajstić information content (AvgIpc) is 3.52. The number of para-hydroxylation sites is 2. The molecule has 184 valence electrons. The molecule has 1 fully saturated rings. The van der Waals surface area contributed by atoms with Crippen molar-refractivity contribution in [2.75, 3.05) is 30.8 Å². The number of hydrogen-bond acceptors (Lipinski definition) is 6. The maximum absolute atomic E-state index is 12.7. The van der Waals surface area contributed by atoms with E-state index in [0.717, 1.165) is 36.4 Å². The van der Waals surface area contributed by atoms with Gasteiger partial charge < -0.3 is 24.7 Å². The molecule has 1 atom stereocenters. The number of amides is 2. The topological polar surface area (TPSA) is 96.7 Å². The van der Waals surface area contributed by atoms with Crippen LogP contribution >= 0.6 is 0 Å². The van der Waals surface area contributed by atoms with Crippen molar-refractivity contribution in [3.05, 3.63) is 77.9 Å². The Balaban J connectivity index is 1.20. The Morgan fingerprint density at radius 1 is 1.11 bits per heavy atom. The fraction of sp³-hybridized carbons (Fsp3) is 0.250. The summed E-state index contributed by atoms with van der Waals surface area (Å²) in [6.45, 7) is 3.16. The maximum atomic E-state index is 12.7. The predicted octanol–water partition coefficient (Wildman–Crippen LogP) is 5.10. The second-order valence-electron chi connectivity index (χ2n) is 8.94. The molecule has 0 bridgehead atoms. The van der Waals surface area contributed by atoms with E-state index < -0.39 is 0 Å². The van der Waals surface area contributed by atoms with Crippen molar-refractivity contribution in [3.63, 3.8) is 0 Å². The Kier molecular flexibility index (Phi) is 6.58. The molecule has 2 N–H and O–H groups in total. The van der Waals surface area contributed by atoms with Crippen molar-refractivity contribution in [1.29, 1.82) is 0 Å². The zero-order valence-electron chi connectivity index (χ0n) is 20.3. The molecule has 2 heterocycles. The number of aromatic nitrogens is 1. The summed E-state index contributed by atoms with van der Waals surface area (Å²) >= 11 is 0. The number of ether oxygens (including phenoxy) is 1. The third-order valence-electron chi connectivity index (χ3n) is 6.47. The number of rotatable bonds is 7. The van der Waals surface area contributed by atoms with E-state index in [1.165, 1.54) is 5.56 Å². The molecule has 1 aliphatic heterocycles. The first kappa shape index (κ1) is 23.4. The third kappa shape index (κ3) is 5.17. The highest BCUT2D eigenvalue weighted by Crippen LogP contribution is 2.30. The van der Waals surface area contributed by atoms with Gasteiger partial charge in [-0.05, 0) is 53.9 Å². The molecule has 2 amide bonds. The number of carbonyl (C=O) groups is 2. The number of oxazole rings is 1. The van der Waals surface area contributed by atoms with Crippen molar-refractivity contribution in [3.8, 4) is 5.75 Å². The van der Waals surface area contributed by atoms with Crippen LogP contribution in [0.15, 0.2) is 71.1 Å². The molecule has 1 aromatic heterocycles. The van der Waals surface area contributed by atoms with E-state index in [0.29, 0.717) is 28.8 Å². The third-order valence-corrected chi connectivity index (χ3v) is 6.47. The van der Waals surface area contributed by atoms with Crippen molar-refractivity contribution in [2.24, 2.45) is 0 Å². The summed E-state index contributed by atoms with van der Waals surface area (Å²) in [5, 5.41) is 6.09. The summed E-state index contributed by atoms with van der Waals surface area (Å²) in [5.74, 6) is 1.03. The van der Waals surface area contributed by atoms with Gasteiger partial charge in [-0.2, -0.15) is 4.98 Å². The van der Waals surface area contributed by atoms with Gasteiger partial charge in [0, 0.05) is 31.6 Å². The van der Waals surface area contributed by atoms with Gasteiger partial charge >= 0.3 is 0 Å². The lowest BCUT2D eigenvalue weighted by Gasteiger charge is -2.14. The van der Waals surface area contributed by atoms with Gasteiger partial charge in [0.15, 0.2) is 5.58 Å². The van der Waals surface area contributed by atoms with E-state index >= 15 is 0 Å². The molecule has 4 aromatic rings. The Hall–Kier alpha value is -4.33. The Morgan fingerprint density at radius 2 is 1.92 bits per heavy atom. The second-order valence-corrected chi connectivity index (χ2v) is 8.94. The molecule has 1 unspecified atom stereocenters. The lowest BCUT2D eigenvalue weighted by atomic mass is 9.98. The van der Waals surface area contributed by atoms with Crippen molar-refractivity contribution >= 4 is 40.3 Å². The van der Waals surface area contributed by atoms with Crippen LogP contribution in [0.2, 0.25) is 0 Å². The van der Waals surface area contributed by atoms with Crippen LogP contribution in [0.3, 0.4) is 0 Å². The van der Waals surface area contributed by atoms with E-state index in [1.54, 1.807) is 14.0 Å². The Bertz CT molecular complexity index is 1400. The van der Waals surface area contributed by atoms with E-state index in [9.17, 15) is 9.59 Å². The number of nitrogens with zero attached hydrogens (tertiary/aromatic N) is 2. The van der Waals surface area contributed by atoms with Gasteiger partial charge in [0.25, 0.3) is 6.01 Å². The molecule has 0 radical (unpaired) electrons. The van der Waals surface area contributed by atoms with Gasteiger partial charge in [-0.1, -0.05) is 30.3 Å². The first-order chi connectivity index (χ1) is 17.5. The van der Waals surface area contributed by atoms with Gasteiger partial charge in [0.2, 0.25) is 11.8 Å². The summed E-state index contributed by atoms with van der Waals surface area (Å²) in [6.07, 6.45) is 1.18. The number of carbonyl (C=O) groups excluding carboxylic acids is 2. The smallest absolute Gasteiger partial charge is 0.300 e. The summed E-state index contributed by atoms with van der Waals surface area (Å²) in [5.41, 5.74) is 4.80. The van der Waals surface area contributed by atoms with Crippen molar-refractivity contribution in [1.82, 2.24) is 9.88 Å². The maximum Gasteiger partial charge on any atom is 0.300 e. The predicted molar refractivity (Wildman–Crippen MR) is 139 cm³/mol. The number of likely N-dealkylation sites (tertiary alicyclic amines) is 1. The zero-order valence-corrected chi connectivity index (χ0v) is 20.3. The van der Waals surface area contributed by atoms with E-state index in [-0.39, 0.29) is 18.2 Å². The summed E-state index contributed by atoms with van der Waals surface area (Å²) in [7, 11) is 1.61. The number of nitrogens with one attached hydrogen (secondary N) is 2. The number of fused-ring (bicyclic) bond motifs is 1. The first-order valence-corrected chi connectivity index (χ1v) is 11.9. The standard InChI is InChI=1S/C28H28N4O4/c1-18(33)32-14-13-21(17-32)20-8-10-22(11-9-20)29-27(34)16-19-7-12-24-26(15-19)36-28(31-24)30-23-5-3-4-6-25(23)35-2/h3-12,15,21H,13-14,16-17H2,1-2H3,(H,29,34)(H,30,31). The molecule has 36 heavy (non-hydrogen) atoms. The Morgan fingerprint density at radius 3 is 2.67 bits per heavy atom. The monoisotopic (exact) mass is 484 g/mol. The molecule has 1 aliphatic rings.